The van der Waals surface area contributed by atoms with Gasteiger partial charge in [0.25, 0.3) is 0 Å². The number of rotatable bonds is 8. The molecule has 0 aliphatic heterocycles. The summed E-state index contributed by atoms with van der Waals surface area (Å²) >= 11 is 1.86. The van der Waals surface area contributed by atoms with Gasteiger partial charge in [-0.05, 0) is 37.3 Å². The molecule has 1 aromatic heterocycles. The summed E-state index contributed by atoms with van der Waals surface area (Å²) in [6.45, 7) is 6.97. The van der Waals surface area contributed by atoms with Crippen LogP contribution in [0.1, 0.15) is 43.9 Å². The van der Waals surface area contributed by atoms with Crippen molar-refractivity contribution in [1.82, 2.24) is 10.2 Å². The lowest BCUT2D eigenvalue weighted by Crippen LogP contribution is -2.41. The van der Waals surface area contributed by atoms with Crippen LogP contribution in [-0.2, 0) is 6.42 Å². The Kier molecular flexibility index (Phi) is 6.90. The van der Waals surface area contributed by atoms with Crippen molar-refractivity contribution in [3.05, 3.63) is 22.4 Å². The molecule has 108 valence electrons. The van der Waals surface area contributed by atoms with Gasteiger partial charge in [0.05, 0.1) is 0 Å². The van der Waals surface area contributed by atoms with Crippen molar-refractivity contribution >= 4 is 11.3 Å². The first-order valence-electron chi connectivity index (χ1n) is 7.87. The summed E-state index contributed by atoms with van der Waals surface area (Å²) in [5, 5.41) is 5.76. The largest absolute Gasteiger partial charge is 0.315 e. The van der Waals surface area contributed by atoms with Gasteiger partial charge in [0.1, 0.15) is 0 Å². The quantitative estimate of drug-likeness (QED) is 0.733. The van der Waals surface area contributed by atoms with Gasteiger partial charge in [0.15, 0.2) is 0 Å². The third kappa shape index (κ3) is 5.25. The summed E-state index contributed by atoms with van der Waals surface area (Å²) in [4.78, 5) is 4.17. The molecule has 2 rings (SSSR count). The molecule has 0 saturated heterocycles. The molecule has 1 aliphatic rings. The molecule has 1 aliphatic carbocycles. The van der Waals surface area contributed by atoms with E-state index in [-0.39, 0.29) is 0 Å². The maximum atomic E-state index is 3.59. The van der Waals surface area contributed by atoms with Crippen molar-refractivity contribution in [2.24, 2.45) is 0 Å². The van der Waals surface area contributed by atoms with Crippen LogP contribution in [0.4, 0.5) is 0 Å². The zero-order chi connectivity index (χ0) is 13.3. The molecule has 3 heteroatoms. The van der Waals surface area contributed by atoms with E-state index in [1.54, 1.807) is 0 Å². The topological polar surface area (TPSA) is 15.3 Å². The fraction of sp³-hybridized carbons (Fsp3) is 0.750. The fourth-order valence-electron chi connectivity index (χ4n) is 3.06. The second-order valence-electron chi connectivity index (χ2n) is 5.50. The van der Waals surface area contributed by atoms with Gasteiger partial charge in [0, 0.05) is 30.6 Å². The summed E-state index contributed by atoms with van der Waals surface area (Å²) < 4.78 is 0. The lowest BCUT2D eigenvalue weighted by atomic mass is 9.94. The maximum absolute atomic E-state index is 3.59. The number of hydrogen-bond donors (Lipinski definition) is 1. The van der Waals surface area contributed by atoms with E-state index in [2.05, 4.69) is 34.7 Å². The van der Waals surface area contributed by atoms with E-state index in [9.17, 15) is 0 Å². The van der Waals surface area contributed by atoms with Crippen LogP contribution < -0.4 is 5.32 Å². The lowest BCUT2D eigenvalue weighted by molar-refractivity contribution is 0.164. The molecule has 0 bridgehead atoms. The Bertz CT molecular complexity index is 317. The predicted molar refractivity (Wildman–Crippen MR) is 85.0 cm³/mol. The Morgan fingerprint density at radius 1 is 1.26 bits per heavy atom. The molecule has 1 saturated carbocycles. The molecule has 1 fully saturated rings. The van der Waals surface area contributed by atoms with Crippen LogP contribution in [-0.4, -0.2) is 37.1 Å². The van der Waals surface area contributed by atoms with Crippen LogP contribution in [0.25, 0.3) is 0 Å². The van der Waals surface area contributed by atoms with Crippen LogP contribution >= 0.6 is 11.3 Å². The van der Waals surface area contributed by atoms with Gasteiger partial charge < -0.3 is 5.32 Å². The second-order valence-corrected chi connectivity index (χ2v) is 6.53. The summed E-state index contributed by atoms with van der Waals surface area (Å²) in [5.74, 6) is 0. The number of hydrogen-bond acceptors (Lipinski definition) is 3. The van der Waals surface area contributed by atoms with Crippen molar-refractivity contribution in [3.63, 3.8) is 0 Å². The highest BCUT2D eigenvalue weighted by atomic mass is 32.1. The molecule has 1 heterocycles. The van der Waals surface area contributed by atoms with Crippen molar-refractivity contribution in [2.75, 3.05) is 26.2 Å². The molecule has 0 radical (unpaired) electrons. The molecule has 1 aromatic rings. The average Bonchev–Trinajstić information content (AvgIpc) is 2.97. The van der Waals surface area contributed by atoms with E-state index in [0.29, 0.717) is 0 Å². The summed E-state index contributed by atoms with van der Waals surface area (Å²) in [6.07, 6.45) is 8.34. The highest BCUT2D eigenvalue weighted by molar-refractivity contribution is 7.09. The predicted octanol–water partition coefficient (Wildman–Crippen LogP) is 3.53. The Balaban J connectivity index is 1.57. The van der Waals surface area contributed by atoms with E-state index >= 15 is 0 Å². The minimum absolute atomic E-state index is 0.859. The molecule has 0 amide bonds. The zero-order valence-electron chi connectivity index (χ0n) is 12.2. The minimum Gasteiger partial charge on any atom is -0.315 e. The van der Waals surface area contributed by atoms with Crippen LogP contribution in [0.5, 0.6) is 0 Å². The van der Waals surface area contributed by atoms with Crippen molar-refractivity contribution < 1.29 is 0 Å². The second kappa shape index (κ2) is 8.72. The summed E-state index contributed by atoms with van der Waals surface area (Å²) in [5.41, 5.74) is 0. The summed E-state index contributed by atoms with van der Waals surface area (Å²) in [7, 11) is 0. The lowest BCUT2D eigenvalue weighted by Gasteiger charge is -2.33. The first-order chi connectivity index (χ1) is 9.40. The van der Waals surface area contributed by atoms with E-state index in [4.69, 9.17) is 0 Å². The Morgan fingerprint density at radius 2 is 2.11 bits per heavy atom. The smallest absolute Gasteiger partial charge is 0.0110 e. The van der Waals surface area contributed by atoms with E-state index in [0.717, 1.165) is 19.1 Å². The molecular weight excluding hydrogens is 252 g/mol. The van der Waals surface area contributed by atoms with Gasteiger partial charge in [-0.2, -0.15) is 0 Å². The standard InChI is InChI=1S/C16H28N2S/c1-2-18(15-7-4-3-5-8-15)13-12-17-11-10-16-9-6-14-19-16/h6,9,14-15,17H,2-5,7-8,10-13H2,1H3. The average molecular weight is 280 g/mol. The number of thiophene rings is 1. The Morgan fingerprint density at radius 3 is 2.79 bits per heavy atom. The van der Waals surface area contributed by atoms with E-state index in [1.807, 2.05) is 11.3 Å². The van der Waals surface area contributed by atoms with Crippen LogP contribution in [0.2, 0.25) is 0 Å². The van der Waals surface area contributed by atoms with Crippen LogP contribution in [0.15, 0.2) is 17.5 Å². The zero-order valence-corrected chi connectivity index (χ0v) is 13.1. The minimum atomic E-state index is 0.859. The molecule has 0 atom stereocenters. The SMILES string of the molecule is CCN(CCNCCc1cccs1)C1CCCCC1. The van der Waals surface area contributed by atoms with Crippen LogP contribution in [0, 0.1) is 0 Å². The Hall–Kier alpha value is -0.380. The van der Waals surface area contributed by atoms with Crippen molar-refractivity contribution in [1.29, 1.82) is 0 Å². The first kappa shape index (κ1) is 15.0. The van der Waals surface area contributed by atoms with Gasteiger partial charge in [-0.25, -0.2) is 0 Å². The number of likely N-dealkylation sites (N-methyl/N-ethyl adjacent to an activating group) is 1. The van der Waals surface area contributed by atoms with E-state index < -0.39 is 0 Å². The van der Waals surface area contributed by atoms with E-state index in [1.165, 1.54) is 56.5 Å². The highest BCUT2D eigenvalue weighted by Crippen LogP contribution is 2.22. The van der Waals surface area contributed by atoms with Gasteiger partial charge in [-0.3, -0.25) is 4.90 Å². The summed E-state index contributed by atoms with van der Waals surface area (Å²) in [6, 6.07) is 5.23. The number of nitrogens with one attached hydrogen (secondary N) is 1. The molecule has 2 nitrogen and oxygen atoms in total. The number of nitrogens with zero attached hydrogens (tertiary/aromatic N) is 1. The third-order valence-corrected chi connectivity index (χ3v) is 5.14. The van der Waals surface area contributed by atoms with Crippen molar-refractivity contribution in [2.45, 2.75) is 51.5 Å². The normalized spacial score (nSPS) is 17.2. The highest BCUT2D eigenvalue weighted by Gasteiger charge is 2.18. The van der Waals surface area contributed by atoms with Gasteiger partial charge in [-0.15, -0.1) is 11.3 Å². The molecule has 19 heavy (non-hydrogen) atoms. The van der Waals surface area contributed by atoms with Crippen molar-refractivity contribution in [3.8, 4) is 0 Å². The Labute approximate surface area is 122 Å². The van der Waals surface area contributed by atoms with Crippen LogP contribution in [0.3, 0.4) is 0 Å². The first-order valence-corrected chi connectivity index (χ1v) is 8.75. The molecule has 0 aromatic carbocycles. The molecule has 0 spiro atoms. The van der Waals surface area contributed by atoms with Gasteiger partial charge >= 0.3 is 0 Å². The maximum Gasteiger partial charge on any atom is 0.0110 e. The molecule has 1 N–H and O–H groups in total. The third-order valence-electron chi connectivity index (χ3n) is 4.20. The van der Waals surface area contributed by atoms with Gasteiger partial charge in [-0.1, -0.05) is 32.3 Å². The monoisotopic (exact) mass is 280 g/mol. The fourth-order valence-corrected chi connectivity index (χ4v) is 3.77. The molecular formula is C16H28N2S. The molecule has 0 unspecified atom stereocenters. The van der Waals surface area contributed by atoms with Gasteiger partial charge in [0.2, 0.25) is 0 Å².